The summed E-state index contributed by atoms with van der Waals surface area (Å²) in [5.74, 6) is 0.700. The summed E-state index contributed by atoms with van der Waals surface area (Å²) in [6.45, 7) is 2.20. The van der Waals surface area contributed by atoms with Gasteiger partial charge in [-0.3, -0.25) is 0 Å². The van der Waals surface area contributed by atoms with Crippen LogP contribution in [0, 0.1) is 6.92 Å². The number of rotatable bonds is 6. The molecule has 0 amide bonds. The molecule has 0 bridgehead atoms. The Balaban J connectivity index is 2.04. The molecule has 0 radical (unpaired) electrons. The van der Waals surface area contributed by atoms with Crippen molar-refractivity contribution in [3.05, 3.63) is 53.2 Å². The molecule has 0 atom stereocenters. The first kappa shape index (κ1) is 14.7. The molecule has 0 aliphatic carbocycles. The highest BCUT2D eigenvalue weighted by Gasteiger charge is 2.16. The van der Waals surface area contributed by atoms with Gasteiger partial charge in [0.15, 0.2) is 15.7 Å². The summed E-state index contributed by atoms with van der Waals surface area (Å²) in [4.78, 5) is 3.89. The topological polar surface area (TPSA) is 69.4 Å². The summed E-state index contributed by atoms with van der Waals surface area (Å²) in [6.07, 6.45) is 1.45. The van der Waals surface area contributed by atoms with Crippen LogP contribution in [0.2, 0.25) is 0 Å². The van der Waals surface area contributed by atoms with E-state index in [1.807, 2.05) is 12.1 Å². The van der Waals surface area contributed by atoms with Crippen LogP contribution in [-0.2, 0) is 32.7 Å². The molecule has 6 heteroatoms. The van der Waals surface area contributed by atoms with Crippen LogP contribution in [0.3, 0.4) is 0 Å². The van der Waals surface area contributed by atoms with Gasteiger partial charge in [-0.25, -0.2) is 13.4 Å². The van der Waals surface area contributed by atoms with Gasteiger partial charge in [0.25, 0.3) is 0 Å². The van der Waals surface area contributed by atoms with Crippen LogP contribution in [-0.4, -0.2) is 20.5 Å². The van der Waals surface area contributed by atoms with E-state index in [4.69, 9.17) is 9.15 Å². The lowest BCUT2D eigenvalue weighted by atomic mass is 10.2. The fraction of sp³-hybridized carbons (Fsp3) is 0.357. The van der Waals surface area contributed by atoms with Crippen molar-refractivity contribution in [2.45, 2.75) is 25.0 Å². The van der Waals surface area contributed by atoms with Gasteiger partial charge in [-0.2, -0.15) is 0 Å². The van der Waals surface area contributed by atoms with Crippen molar-refractivity contribution in [2.24, 2.45) is 0 Å². The first-order valence-electron chi connectivity index (χ1n) is 6.17. The fourth-order valence-electron chi connectivity index (χ4n) is 1.89. The summed E-state index contributed by atoms with van der Waals surface area (Å²) >= 11 is 0. The van der Waals surface area contributed by atoms with Crippen molar-refractivity contribution >= 4 is 9.84 Å². The maximum atomic E-state index is 12.1. The highest BCUT2D eigenvalue weighted by Crippen LogP contribution is 2.14. The average Bonchev–Trinajstić information content (AvgIpc) is 2.76. The summed E-state index contributed by atoms with van der Waals surface area (Å²) < 4.78 is 34.4. The minimum atomic E-state index is -3.26. The number of aromatic nitrogens is 1. The molecular weight excluding hydrogens is 278 g/mol. The van der Waals surface area contributed by atoms with Crippen LogP contribution in [0.25, 0.3) is 0 Å². The number of aryl methyl sites for hydroxylation is 1. The molecule has 0 fully saturated rings. The molecule has 1 aromatic heterocycles. The molecule has 20 heavy (non-hydrogen) atoms. The molecule has 0 saturated heterocycles. The summed E-state index contributed by atoms with van der Waals surface area (Å²) in [5, 5.41) is 0. The van der Waals surface area contributed by atoms with Gasteiger partial charge in [0.2, 0.25) is 0 Å². The van der Waals surface area contributed by atoms with Crippen LogP contribution in [0.1, 0.15) is 22.8 Å². The fourth-order valence-corrected chi connectivity index (χ4v) is 3.26. The Hall–Kier alpha value is -1.66. The van der Waals surface area contributed by atoms with E-state index in [-0.39, 0.29) is 11.5 Å². The van der Waals surface area contributed by atoms with Gasteiger partial charge >= 0.3 is 0 Å². The van der Waals surface area contributed by atoms with Gasteiger partial charge in [0, 0.05) is 14.0 Å². The Labute approximate surface area is 118 Å². The Morgan fingerprint density at radius 3 is 2.35 bits per heavy atom. The van der Waals surface area contributed by atoms with Crippen LogP contribution >= 0.6 is 0 Å². The standard InChI is InChI=1S/C14H17NO4S/c1-11-15-7-14(19-11)10-20(16,17)9-13-5-3-12(4-6-13)8-18-2/h3-7H,8-10H2,1-2H3. The number of ether oxygens (including phenoxy) is 1. The molecule has 0 aliphatic rings. The third-order valence-corrected chi connectivity index (χ3v) is 4.25. The maximum absolute atomic E-state index is 12.1. The largest absolute Gasteiger partial charge is 0.445 e. The Morgan fingerprint density at radius 1 is 1.15 bits per heavy atom. The van der Waals surface area contributed by atoms with Gasteiger partial charge in [0.1, 0.15) is 11.5 Å². The smallest absolute Gasteiger partial charge is 0.191 e. The monoisotopic (exact) mass is 295 g/mol. The zero-order valence-corrected chi connectivity index (χ0v) is 12.3. The molecule has 5 nitrogen and oxygen atoms in total. The minimum absolute atomic E-state index is 0.0139. The second-order valence-corrected chi connectivity index (χ2v) is 6.69. The van der Waals surface area contributed by atoms with Crippen molar-refractivity contribution in [1.29, 1.82) is 0 Å². The highest BCUT2D eigenvalue weighted by atomic mass is 32.2. The molecule has 0 spiro atoms. The van der Waals surface area contributed by atoms with Gasteiger partial charge in [-0.1, -0.05) is 24.3 Å². The molecule has 0 N–H and O–H groups in total. The predicted molar refractivity (Wildman–Crippen MR) is 74.7 cm³/mol. The second kappa shape index (κ2) is 6.19. The van der Waals surface area contributed by atoms with Gasteiger partial charge in [-0.05, 0) is 11.1 Å². The lowest BCUT2D eigenvalue weighted by Crippen LogP contribution is -2.07. The molecular formula is C14H17NO4S. The van der Waals surface area contributed by atoms with E-state index in [9.17, 15) is 8.42 Å². The zero-order valence-electron chi connectivity index (χ0n) is 11.5. The van der Waals surface area contributed by atoms with Crippen LogP contribution in [0.15, 0.2) is 34.9 Å². The third-order valence-electron chi connectivity index (χ3n) is 2.75. The molecule has 0 aliphatic heterocycles. The number of methoxy groups -OCH3 is 1. The van der Waals surface area contributed by atoms with Gasteiger partial charge < -0.3 is 9.15 Å². The second-order valence-electron chi connectivity index (χ2n) is 4.63. The first-order valence-corrected chi connectivity index (χ1v) is 7.99. The van der Waals surface area contributed by atoms with E-state index >= 15 is 0 Å². The molecule has 108 valence electrons. The summed E-state index contributed by atoms with van der Waals surface area (Å²) in [7, 11) is -1.64. The molecule has 1 aromatic carbocycles. The van der Waals surface area contributed by atoms with Crippen molar-refractivity contribution in [3.63, 3.8) is 0 Å². The van der Waals surface area contributed by atoms with Crippen molar-refractivity contribution in [2.75, 3.05) is 7.11 Å². The van der Waals surface area contributed by atoms with Gasteiger partial charge in [-0.15, -0.1) is 0 Å². The average molecular weight is 295 g/mol. The van der Waals surface area contributed by atoms with Crippen molar-refractivity contribution in [1.82, 2.24) is 4.98 Å². The zero-order chi connectivity index (χ0) is 14.6. The molecule has 2 rings (SSSR count). The predicted octanol–water partition coefficient (Wildman–Crippen LogP) is 2.24. The lowest BCUT2D eigenvalue weighted by molar-refractivity contribution is 0.185. The van der Waals surface area contributed by atoms with E-state index in [1.54, 1.807) is 26.2 Å². The Kier molecular flexibility index (Phi) is 4.57. The van der Waals surface area contributed by atoms with Gasteiger partial charge in [0.05, 0.1) is 18.6 Å². The van der Waals surface area contributed by atoms with Crippen molar-refractivity contribution in [3.8, 4) is 0 Å². The lowest BCUT2D eigenvalue weighted by Gasteiger charge is -2.04. The van der Waals surface area contributed by atoms with E-state index in [1.165, 1.54) is 6.20 Å². The molecule has 0 unspecified atom stereocenters. The van der Waals surface area contributed by atoms with Crippen LogP contribution in [0.5, 0.6) is 0 Å². The Bertz CT molecular complexity index is 659. The number of sulfone groups is 1. The third kappa shape index (κ3) is 4.18. The highest BCUT2D eigenvalue weighted by molar-refractivity contribution is 7.89. The summed E-state index contributed by atoms with van der Waals surface area (Å²) in [6, 6.07) is 7.34. The van der Waals surface area contributed by atoms with E-state index in [0.717, 1.165) is 11.1 Å². The van der Waals surface area contributed by atoms with Crippen molar-refractivity contribution < 1.29 is 17.6 Å². The first-order chi connectivity index (χ1) is 9.48. The number of nitrogens with zero attached hydrogens (tertiary/aromatic N) is 1. The van der Waals surface area contributed by atoms with E-state index in [2.05, 4.69) is 4.98 Å². The number of hydrogen-bond donors (Lipinski definition) is 0. The minimum Gasteiger partial charge on any atom is -0.445 e. The quantitative estimate of drug-likeness (QED) is 0.817. The summed E-state index contributed by atoms with van der Waals surface area (Å²) in [5.41, 5.74) is 1.76. The molecule has 2 aromatic rings. The number of oxazole rings is 1. The van der Waals surface area contributed by atoms with E-state index in [0.29, 0.717) is 18.3 Å². The molecule has 0 saturated carbocycles. The number of hydrogen-bond acceptors (Lipinski definition) is 5. The molecule has 1 heterocycles. The van der Waals surface area contributed by atoms with Crippen LogP contribution in [0.4, 0.5) is 0 Å². The maximum Gasteiger partial charge on any atom is 0.191 e. The normalized spacial score (nSPS) is 11.7. The SMILES string of the molecule is COCc1ccc(CS(=O)(=O)Cc2cnc(C)o2)cc1. The van der Waals surface area contributed by atoms with Crippen LogP contribution < -0.4 is 0 Å². The number of benzene rings is 1. The van der Waals surface area contributed by atoms with E-state index < -0.39 is 9.84 Å². The Morgan fingerprint density at radius 2 is 1.80 bits per heavy atom.